The monoisotopic (exact) mass is 316 g/mol. The number of hydrogen-bond donors (Lipinski definition) is 1. The van der Waals surface area contributed by atoms with Crippen LogP contribution < -0.4 is 0 Å². The topological polar surface area (TPSA) is 60.9 Å². The molecule has 1 fully saturated rings. The highest BCUT2D eigenvalue weighted by atomic mass is 32.2. The van der Waals surface area contributed by atoms with Crippen molar-refractivity contribution in [3.05, 3.63) is 0 Å². The molecule has 0 aromatic heterocycles. The van der Waals surface area contributed by atoms with Gasteiger partial charge >= 0.3 is 5.97 Å². The van der Waals surface area contributed by atoms with Crippen LogP contribution in [0, 0.1) is 0 Å². The van der Waals surface area contributed by atoms with Gasteiger partial charge in [0, 0.05) is 23.9 Å². The third-order valence-electron chi connectivity index (χ3n) is 3.71. The lowest BCUT2D eigenvalue weighted by Crippen LogP contribution is -2.48. The summed E-state index contributed by atoms with van der Waals surface area (Å²) in [7, 11) is 0. The number of carbonyl (C=O) groups is 2. The number of hydrogen-bond acceptors (Lipinski definition) is 4. The fourth-order valence-corrected chi connectivity index (χ4v) is 3.26. The first-order valence-electron chi connectivity index (χ1n) is 7.60. The summed E-state index contributed by atoms with van der Waals surface area (Å²) in [5, 5.41) is 8.92. The Labute approximate surface area is 132 Å². The molecule has 0 radical (unpaired) electrons. The second-order valence-corrected chi connectivity index (χ2v) is 8.27. The minimum absolute atomic E-state index is 0.0923. The molecule has 0 aliphatic carbocycles. The Kier molecular flexibility index (Phi) is 7.00. The van der Waals surface area contributed by atoms with E-state index in [1.807, 2.05) is 16.7 Å². The van der Waals surface area contributed by atoms with Crippen LogP contribution in [-0.4, -0.2) is 69.5 Å². The first-order chi connectivity index (χ1) is 9.73. The fraction of sp³-hybridized carbons (Fsp3) is 0.867. The van der Waals surface area contributed by atoms with Gasteiger partial charge in [0.1, 0.15) is 0 Å². The molecule has 0 atom stereocenters. The minimum Gasteiger partial charge on any atom is -0.480 e. The lowest BCUT2D eigenvalue weighted by Gasteiger charge is -2.37. The highest BCUT2D eigenvalue weighted by Gasteiger charge is 2.27. The lowest BCUT2D eigenvalue weighted by atomic mass is 10.0. The van der Waals surface area contributed by atoms with Gasteiger partial charge in [-0.1, -0.05) is 27.7 Å². The minimum atomic E-state index is -0.781. The average Bonchev–Trinajstić information content (AvgIpc) is 2.41. The van der Waals surface area contributed by atoms with Crippen LogP contribution in [0.5, 0.6) is 0 Å². The van der Waals surface area contributed by atoms with Crippen LogP contribution in [0.2, 0.25) is 0 Å². The Balaban J connectivity index is 2.40. The van der Waals surface area contributed by atoms with Crippen LogP contribution in [0.15, 0.2) is 0 Å². The van der Waals surface area contributed by atoms with Gasteiger partial charge in [0.05, 0.1) is 12.3 Å². The highest BCUT2D eigenvalue weighted by molar-refractivity contribution is 8.01. The van der Waals surface area contributed by atoms with Gasteiger partial charge in [-0.25, -0.2) is 0 Å². The summed E-state index contributed by atoms with van der Waals surface area (Å²) < 4.78 is 0.106. The van der Waals surface area contributed by atoms with E-state index in [2.05, 4.69) is 20.8 Å². The van der Waals surface area contributed by atoms with Crippen molar-refractivity contribution in [2.75, 3.05) is 31.9 Å². The van der Waals surface area contributed by atoms with Crippen molar-refractivity contribution in [1.82, 2.24) is 9.80 Å². The molecule has 1 heterocycles. The SMILES string of the molecule is CCN(CC(=O)O)C1CCN(C(=O)CSC(C)(C)C)CC1. The third-order valence-corrected chi connectivity index (χ3v) is 4.96. The van der Waals surface area contributed by atoms with Crippen LogP contribution in [0.4, 0.5) is 0 Å². The van der Waals surface area contributed by atoms with Crippen LogP contribution in [-0.2, 0) is 9.59 Å². The van der Waals surface area contributed by atoms with Gasteiger partial charge in [-0.3, -0.25) is 14.5 Å². The molecular formula is C15H28N2O3S. The Hall–Kier alpha value is -0.750. The molecule has 1 aliphatic rings. The second-order valence-electron chi connectivity index (χ2n) is 6.47. The zero-order valence-electron chi connectivity index (χ0n) is 13.6. The fourth-order valence-electron chi connectivity index (χ4n) is 2.52. The molecule has 122 valence electrons. The van der Waals surface area contributed by atoms with Gasteiger partial charge in [-0.15, -0.1) is 11.8 Å². The number of nitrogens with zero attached hydrogens (tertiary/aromatic N) is 2. The molecule has 0 spiro atoms. The summed E-state index contributed by atoms with van der Waals surface area (Å²) in [6, 6.07) is 0.283. The molecule has 1 amide bonds. The molecule has 0 bridgehead atoms. The van der Waals surface area contributed by atoms with Gasteiger partial charge in [0.2, 0.25) is 5.91 Å². The van der Waals surface area contributed by atoms with Crippen molar-refractivity contribution in [2.45, 2.75) is 51.3 Å². The predicted molar refractivity (Wildman–Crippen MR) is 86.7 cm³/mol. The quantitative estimate of drug-likeness (QED) is 0.811. The maximum absolute atomic E-state index is 12.2. The summed E-state index contributed by atoms with van der Waals surface area (Å²) >= 11 is 1.68. The number of rotatable bonds is 6. The van der Waals surface area contributed by atoms with Gasteiger partial charge in [0.25, 0.3) is 0 Å². The number of carboxylic acid groups (broad SMARTS) is 1. The van der Waals surface area contributed by atoms with Crippen molar-refractivity contribution in [3.63, 3.8) is 0 Å². The third kappa shape index (κ3) is 6.70. The number of thioether (sulfide) groups is 1. The molecule has 6 heteroatoms. The van der Waals surface area contributed by atoms with Crippen molar-refractivity contribution >= 4 is 23.6 Å². The van der Waals surface area contributed by atoms with Crippen molar-refractivity contribution in [3.8, 4) is 0 Å². The highest BCUT2D eigenvalue weighted by Crippen LogP contribution is 2.24. The van der Waals surface area contributed by atoms with Gasteiger partial charge in [0.15, 0.2) is 0 Å². The van der Waals surface area contributed by atoms with Crippen LogP contribution in [0.25, 0.3) is 0 Å². The lowest BCUT2D eigenvalue weighted by molar-refractivity contribution is -0.140. The normalized spacial score (nSPS) is 17.3. The van der Waals surface area contributed by atoms with Crippen molar-refractivity contribution in [1.29, 1.82) is 0 Å². The number of likely N-dealkylation sites (N-methyl/N-ethyl adjacent to an activating group) is 1. The van der Waals surface area contributed by atoms with E-state index in [4.69, 9.17) is 5.11 Å². The maximum Gasteiger partial charge on any atom is 0.317 e. The summed E-state index contributed by atoms with van der Waals surface area (Å²) in [6.45, 7) is 10.6. The Morgan fingerprint density at radius 2 is 1.86 bits per heavy atom. The molecule has 5 nitrogen and oxygen atoms in total. The standard InChI is InChI=1S/C15H28N2O3S/c1-5-16(10-14(19)20)12-6-8-17(9-7-12)13(18)11-21-15(2,3)4/h12H,5-11H2,1-4H3,(H,19,20). The van der Waals surface area contributed by atoms with Crippen molar-refractivity contribution in [2.24, 2.45) is 0 Å². The summed E-state index contributed by atoms with van der Waals surface area (Å²) in [6.07, 6.45) is 1.74. The van der Waals surface area contributed by atoms with Crippen LogP contribution >= 0.6 is 11.8 Å². The Morgan fingerprint density at radius 3 is 2.29 bits per heavy atom. The van der Waals surface area contributed by atoms with E-state index in [0.29, 0.717) is 5.75 Å². The first-order valence-corrected chi connectivity index (χ1v) is 8.59. The molecule has 0 unspecified atom stereocenters. The van der Waals surface area contributed by atoms with Crippen LogP contribution in [0.1, 0.15) is 40.5 Å². The van der Waals surface area contributed by atoms with Crippen LogP contribution in [0.3, 0.4) is 0 Å². The summed E-state index contributed by atoms with van der Waals surface area (Å²) in [5.74, 6) is -0.0487. The van der Waals surface area contributed by atoms with E-state index in [1.165, 1.54) is 0 Å². The summed E-state index contributed by atoms with van der Waals surface area (Å²) in [5.41, 5.74) is 0. The molecule has 0 saturated carbocycles. The molecule has 21 heavy (non-hydrogen) atoms. The zero-order valence-corrected chi connectivity index (χ0v) is 14.4. The molecule has 1 saturated heterocycles. The van der Waals surface area contributed by atoms with E-state index >= 15 is 0 Å². The number of carbonyl (C=O) groups excluding carboxylic acids is 1. The van der Waals surface area contributed by atoms with Crippen molar-refractivity contribution < 1.29 is 14.7 Å². The molecular weight excluding hydrogens is 288 g/mol. The maximum atomic E-state index is 12.2. The van der Waals surface area contributed by atoms with Gasteiger partial charge in [-0.05, 0) is 19.4 Å². The number of amides is 1. The van der Waals surface area contributed by atoms with Gasteiger partial charge in [-0.2, -0.15) is 0 Å². The van der Waals surface area contributed by atoms with E-state index in [0.717, 1.165) is 32.5 Å². The zero-order chi connectivity index (χ0) is 16.0. The smallest absolute Gasteiger partial charge is 0.317 e. The van der Waals surface area contributed by atoms with E-state index in [1.54, 1.807) is 11.8 Å². The summed E-state index contributed by atoms with van der Waals surface area (Å²) in [4.78, 5) is 26.9. The number of piperidine rings is 1. The first kappa shape index (κ1) is 18.3. The average molecular weight is 316 g/mol. The van der Waals surface area contributed by atoms with E-state index in [-0.39, 0.29) is 23.2 Å². The number of carboxylic acids is 1. The largest absolute Gasteiger partial charge is 0.480 e. The van der Waals surface area contributed by atoms with Gasteiger partial charge < -0.3 is 10.0 Å². The molecule has 1 N–H and O–H groups in total. The molecule has 1 rings (SSSR count). The number of aliphatic carboxylic acids is 1. The number of likely N-dealkylation sites (tertiary alicyclic amines) is 1. The molecule has 0 aromatic carbocycles. The Bertz CT molecular complexity index is 360. The van der Waals surface area contributed by atoms with E-state index in [9.17, 15) is 9.59 Å². The van der Waals surface area contributed by atoms with E-state index < -0.39 is 5.97 Å². The second kappa shape index (κ2) is 8.03. The predicted octanol–water partition coefficient (Wildman–Crippen LogP) is 1.92. The Morgan fingerprint density at radius 1 is 1.29 bits per heavy atom. The molecule has 1 aliphatic heterocycles. The molecule has 0 aromatic rings.